The van der Waals surface area contributed by atoms with E-state index in [2.05, 4.69) is 9.89 Å². The van der Waals surface area contributed by atoms with Gasteiger partial charge >= 0.3 is 0 Å². The first-order valence-corrected chi connectivity index (χ1v) is 7.81. The summed E-state index contributed by atoms with van der Waals surface area (Å²) in [6.07, 6.45) is 1.02. The summed E-state index contributed by atoms with van der Waals surface area (Å²) in [6, 6.07) is 7.01. The molecule has 0 spiro atoms. The van der Waals surface area contributed by atoms with Gasteiger partial charge in [-0.1, -0.05) is 12.1 Å². The third-order valence-electron chi connectivity index (χ3n) is 3.69. The third kappa shape index (κ3) is 3.03. The molecule has 1 aromatic rings. The van der Waals surface area contributed by atoms with Gasteiger partial charge < -0.3 is 10.6 Å². The summed E-state index contributed by atoms with van der Waals surface area (Å²) in [5.41, 5.74) is 7.22. The average Bonchev–Trinajstić information content (AvgIpc) is 3.20. The van der Waals surface area contributed by atoms with Crippen molar-refractivity contribution in [1.82, 2.24) is 4.90 Å². The number of aliphatic imine (C=N–C) groups is 1. The maximum absolute atomic E-state index is 12.9. The predicted molar refractivity (Wildman–Crippen MR) is 78.1 cm³/mol. The molecule has 0 radical (unpaired) electrons. The van der Waals surface area contributed by atoms with Crippen molar-refractivity contribution in [3.63, 3.8) is 0 Å². The molecular weight excluding hydrogens is 261 g/mol. The van der Waals surface area contributed by atoms with Gasteiger partial charge in [0.2, 0.25) is 0 Å². The van der Waals surface area contributed by atoms with E-state index in [1.807, 2.05) is 23.9 Å². The van der Waals surface area contributed by atoms with Crippen LogP contribution in [0, 0.1) is 5.82 Å². The normalized spacial score (nSPS) is 27.4. The summed E-state index contributed by atoms with van der Waals surface area (Å²) in [6.45, 7) is 1.99. The molecule has 1 heterocycles. The Kier molecular flexibility index (Phi) is 3.64. The number of halogens is 1. The van der Waals surface area contributed by atoms with Crippen LogP contribution in [0.15, 0.2) is 29.3 Å². The highest BCUT2D eigenvalue weighted by Crippen LogP contribution is 2.43. The summed E-state index contributed by atoms with van der Waals surface area (Å²) in [5, 5.41) is 0. The molecule has 1 aliphatic carbocycles. The van der Waals surface area contributed by atoms with E-state index in [0.717, 1.165) is 36.6 Å². The number of guanidine groups is 1. The fourth-order valence-corrected chi connectivity index (χ4v) is 3.34. The first-order valence-electron chi connectivity index (χ1n) is 6.65. The lowest BCUT2D eigenvalue weighted by Gasteiger charge is -2.27. The number of thioether (sulfide) groups is 1. The smallest absolute Gasteiger partial charge is 0.191 e. The Hall–Kier alpha value is -1.23. The molecule has 3 nitrogen and oxygen atoms in total. The van der Waals surface area contributed by atoms with E-state index in [4.69, 9.17) is 5.73 Å². The van der Waals surface area contributed by atoms with Crippen LogP contribution in [-0.4, -0.2) is 41.5 Å². The average molecular weight is 279 g/mol. The quantitative estimate of drug-likeness (QED) is 0.665. The number of nitrogens with two attached hydrogens (primary N) is 1. The van der Waals surface area contributed by atoms with Crippen molar-refractivity contribution < 1.29 is 4.39 Å². The van der Waals surface area contributed by atoms with E-state index in [1.165, 1.54) is 12.1 Å². The van der Waals surface area contributed by atoms with Crippen LogP contribution >= 0.6 is 11.8 Å². The molecule has 0 aromatic heterocycles. The van der Waals surface area contributed by atoms with Crippen LogP contribution in [0.3, 0.4) is 0 Å². The summed E-state index contributed by atoms with van der Waals surface area (Å²) in [4.78, 5) is 6.77. The van der Waals surface area contributed by atoms with E-state index in [9.17, 15) is 4.39 Å². The van der Waals surface area contributed by atoms with Gasteiger partial charge in [-0.3, -0.25) is 0 Å². The lowest BCUT2D eigenvalue weighted by molar-refractivity contribution is 0.455. The van der Waals surface area contributed by atoms with E-state index in [1.54, 1.807) is 0 Å². The summed E-state index contributed by atoms with van der Waals surface area (Å²) in [7, 11) is 0. The monoisotopic (exact) mass is 279 g/mol. The van der Waals surface area contributed by atoms with Crippen LogP contribution in [0.2, 0.25) is 0 Å². The second-order valence-corrected chi connectivity index (χ2v) is 6.27. The van der Waals surface area contributed by atoms with Gasteiger partial charge in [-0.2, -0.15) is 11.8 Å². The Labute approximate surface area is 117 Å². The maximum Gasteiger partial charge on any atom is 0.191 e. The second-order valence-electron chi connectivity index (χ2n) is 5.05. The van der Waals surface area contributed by atoms with Crippen molar-refractivity contribution in [2.75, 3.05) is 24.6 Å². The third-order valence-corrected chi connectivity index (χ3v) is 4.63. The molecule has 3 rings (SSSR count). The van der Waals surface area contributed by atoms with Crippen LogP contribution in [0.5, 0.6) is 0 Å². The van der Waals surface area contributed by atoms with Crippen molar-refractivity contribution in [1.29, 1.82) is 0 Å². The zero-order valence-electron chi connectivity index (χ0n) is 10.8. The minimum absolute atomic E-state index is 0.185. The summed E-state index contributed by atoms with van der Waals surface area (Å²) < 4.78 is 12.9. The van der Waals surface area contributed by atoms with Gasteiger partial charge in [-0.05, 0) is 24.1 Å². The molecule has 0 unspecified atom stereocenters. The Bertz CT molecular complexity index is 468. The predicted octanol–water partition coefficient (Wildman–Crippen LogP) is 2.05. The lowest BCUT2D eigenvalue weighted by Crippen LogP contribution is -2.42. The summed E-state index contributed by atoms with van der Waals surface area (Å²) in [5.74, 6) is 3.16. The molecule has 102 valence electrons. The standard InChI is InChI=1S/C14H18FN3S/c15-11-3-1-10(2-4-11)12-9-13(12)17-14(16)18-5-7-19-8-6-18/h1-4,12-13H,5-9H2,(H2,16,17)/t12-,13+/m0/s1. The number of hydrogen-bond acceptors (Lipinski definition) is 2. The van der Waals surface area contributed by atoms with Crippen LogP contribution in [0.1, 0.15) is 17.9 Å². The molecular formula is C14H18FN3S. The van der Waals surface area contributed by atoms with E-state index in [0.29, 0.717) is 11.9 Å². The first kappa shape index (κ1) is 12.8. The minimum atomic E-state index is -0.185. The van der Waals surface area contributed by atoms with Crippen molar-refractivity contribution in [3.05, 3.63) is 35.6 Å². The van der Waals surface area contributed by atoms with E-state index < -0.39 is 0 Å². The molecule has 1 saturated heterocycles. The topological polar surface area (TPSA) is 41.6 Å². The Morgan fingerprint density at radius 1 is 1.26 bits per heavy atom. The maximum atomic E-state index is 12.9. The lowest BCUT2D eigenvalue weighted by atomic mass is 10.1. The van der Waals surface area contributed by atoms with Gasteiger partial charge in [0.1, 0.15) is 5.82 Å². The Morgan fingerprint density at radius 3 is 2.63 bits per heavy atom. The Morgan fingerprint density at radius 2 is 1.95 bits per heavy atom. The molecule has 2 N–H and O–H groups in total. The van der Waals surface area contributed by atoms with Crippen LogP contribution in [0.4, 0.5) is 4.39 Å². The highest BCUT2D eigenvalue weighted by atomic mass is 32.2. The van der Waals surface area contributed by atoms with Gasteiger partial charge in [0.05, 0.1) is 6.04 Å². The van der Waals surface area contributed by atoms with Crippen molar-refractivity contribution in [2.45, 2.75) is 18.4 Å². The fourth-order valence-electron chi connectivity index (χ4n) is 2.44. The number of rotatable bonds is 2. The number of benzene rings is 1. The van der Waals surface area contributed by atoms with Gasteiger partial charge in [0, 0.05) is 30.5 Å². The second kappa shape index (κ2) is 5.41. The number of hydrogen-bond donors (Lipinski definition) is 1. The summed E-state index contributed by atoms with van der Waals surface area (Å²) >= 11 is 1.96. The van der Waals surface area contributed by atoms with Crippen molar-refractivity contribution in [3.8, 4) is 0 Å². The molecule has 0 amide bonds. The van der Waals surface area contributed by atoms with Gasteiger partial charge in [0.25, 0.3) is 0 Å². The highest BCUT2D eigenvalue weighted by molar-refractivity contribution is 7.99. The van der Waals surface area contributed by atoms with Gasteiger partial charge in [-0.15, -0.1) is 0 Å². The molecule has 2 fully saturated rings. The van der Waals surface area contributed by atoms with Crippen LogP contribution in [-0.2, 0) is 0 Å². The minimum Gasteiger partial charge on any atom is -0.370 e. The molecule has 2 atom stereocenters. The Balaban J connectivity index is 1.61. The van der Waals surface area contributed by atoms with Crippen LogP contribution in [0.25, 0.3) is 0 Å². The van der Waals surface area contributed by atoms with Crippen molar-refractivity contribution in [2.24, 2.45) is 10.7 Å². The first-order chi connectivity index (χ1) is 9.24. The molecule has 1 aromatic carbocycles. The molecule has 0 bridgehead atoms. The highest BCUT2D eigenvalue weighted by Gasteiger charge is 2.38. The molecule has 5 heteroatoms. The number of nitrogens with zero attached hydrogens (tertiary/aromatic N) is 2. The van der Waals surface area contributed by atoms with Gasteiger partial charge in [0.15, 0.2) is 5.96 Å². The van der Waals surface area contributed by atoms with Crippen LogP contribution < -0.4 is 5.73 Å². The zero-order valence-corrected chi connectivity index (χ0v) is 11.6. The fraction of sp³-hybridized carbons (Fsp3) is 0.500. The van der Waals surface area contributed by atoms with Crippen molar-refractivity contribution >= 4 is 17.7 Å². The SMILES string of the molecule is NC(=N[C@@H]1C[C@H]1c1ccc(F)cc1)N1CCSCC1. The zero-order chi connectivity index (χ0) is 13.2. The van der Waals surface area contributed by atoms with E-state index >= 15 is 0 Å². The van der Waals surface area contributed by atoms with Gasteiger partial charge in [-0.25, -0.2) is 9.38 Å². The molecule has 2 aliphatic rings. The largest absolute Gasteiger partial charge is 0.370 e. The molecule has 1 saturated carbocycles. The van der Waals surface area contributed by atoms with E-state index in [-0.39, 0.29) is 11.9 Å². The molecule has 19 heavy (non-hydrogen) atoms. The molecule has 1 aliphatic heterocycles.